The molecule has 4 heteroatoms. The molecule has 0 aliphatic rings. The van der Waals surface area contributed by atoms with Crippen LogP contribution < -0.4 is 0 Å². The first-order chi connectivity index (χ1) is 9.59. The second kappa shape index (κ2) is 5.49. The molecule has 1 aromatic heterocycles. The summed E-state index contributed by atoms with van der Waals surface area (Å²) in [7, 11) is 0. The van der Waals surface area contributed by atoms with E-state index < -0.39 is 6.10 Å². The average Bonchev–Trinajstić information content (AvgIpc) is 2.86. The van der Waals surface area contributed by atoms with Crippen molar-refractivity contribution in [2.24, 2.45) is 0 Å². The van der Waals surface area contributed by atoms with E-state index in [-0.39, 0.29) is 0 Å². The van der Waals surface area contributed by atoms with Gasteiger partial charge in [0, 0.05) is 25.3 Å². The summed E-state index contributed by atoms with van der Waals surface area (Å²) in [6.45, 7) is 1.95. The molecule has 1 unspecified atom stereocenters. The zero-order valence-electron chi connectivity index (χ0n) is 10.7. The van der Waals surface area contributed by atoms with Crippen LogP contribution in [-0.4, -0.2) is 5.11 Å². The van der Waals surface area contributed by atoms with Crippen LogP contribution in [0.3, 0.4) is 0 Å². The van der Waals surface area contributed by atoms with E-state index in [0.29, 0.717) is 5.02 Å². The predicted octanol–water partition coefficient (Wildman–Crippen LogP) is 5.71. The Hall–Kier alpha value is -0.870. The first kappa shape index (κ1) is 14.1. The van der Waals surface area contributed by atoms with Crippen molar-refractivity contribution in [3.63, 3.8) is 0 Å². The number of aliphatic hydroxyl groups is 1. The van der Waals surface area contributed by atoms with Crippen molar-refractivity contribution in [3.05, 3.63) is 68.0 Å². The summed E-state index contributed by atoms with van der Waals surface area (Å²) in [5, 5.41) is 14.4. The number of fused-ring (bicyclic) bond motifs is 1. The molecule has 0 aliphatic carbocycles. The van der Waals surface area contributed by atoms with Gasteiger partial charge >= 0.3 is 0 Å². The van der Waals surface area contributed by atoms with Crippen molar-refractivity contribution in [1.82, 2.24) is 0 Å². The van der Waals surface area contributed by atoms with Gasteiger partial charge in [-0.05, 0) is 45.2 Å². The Morgan fingerprint density at radius 2 is 1.90 bits per heavy atom. The maximum Gasteiger partial charge on any atom is 0.107 e. The maximum atomic E-state index is 10.7. The lowest BCUT2D eigenvalue weighted by Crippen LogP contribution is -2.00. The zero-order valence-corrected chi connectivity index (χ0v) is 13.9. The normalized spacial score (nSPS) is 12.8. The SMILES string of the molecule is Cc1cccc(C(O)c2csc3c(Br)cccc23)c1Cl. The van der Waals surface area contributed by atoms with Gasteiger partial charge in [0.1, 0.15) is 6.10 Å². The number of benzene rings is 2. The Morgan fingerprint density at radius 1 is 1.15 bits per heavy atom. The molecular formula is C16H12BrClOS. The summed E-state index contributed by atoms with van der Waals surface area (Å²) in [6.07, 6.45) is -0.703. The highest BCUT2D eigenvalue weighted by Crippen LogP contribution is 2.39. The van der Waals surface area contributed by atoms with Crippen LogP contribution >= 0.6 is 38.9 Å². The Labute approximate surface area is 135 Å². The fraction of sp³-hybridized carbons (Fsp3) is 0.125. The van der Waals surface area contributed by atoms with E-state index in [9.17, 15) is 5.11 Å². The smallest absolute Gasteiger partial charge is 0.107 e. The third-order valence-corrected chi connectivity index (χ3v) is 5.88. The average molecular weight is 368 g/mol. The van der Waals surface area contributed by atoms with Crippen LogP contribution in [0.1, 0.15) is 22.8 Å². The fourth-order valence-corrected chi connectivity index (χ4v) is 4.17. The lowest BCUT2D eigenvalue weighted by atomic mass is 9.99. The van der Waals surface area contributed by atoms with Crippen LogP contribution in [0.15, 0.2) is 46.3 Å². The summed E-state index contributed by atoms with van der Waals surface area (Å²) in [5.41, 5.74) is 2.63. The van der Waals surface area contributed by atoms with Crippen molar-refractivity contribution in [1.29, 1.82) is 0 Å². The lowest BCUT2D eigenvalue weighted by Gasteiger charge is -2.13. The van der Waals surface area contributed by atoms with E-state index in [1.807, 2.05) is 48.7 Å². The first-order valence-electron chi connectivity index (χ1n) is 6.18. The molecule has 0 fully saturated rings. The van der Waals surface area contributed by atoms with Crippen LogP contribution in [0.25, 0.3) is 10.1 Å². The molecule has 2 aromatic carbocycles. The fourth-order valence-electron chi connectivity index (χ4n) is 2.30. The maximum absolute atomic E-state index is 10.7. The Balaban J connectivity index is 2.16. The number of thiophene rings is 1. The van der Waals surface area contributed by atoms with Gasteiger partial charge in [0.05, 0.1) is 0 Å². The Kier molecular flexibility index (Phi) is 3.87. The molecule has 0 amide bonds. The molecule has 3 aromatic rings. The number of aliphatic hydroxyl groups excluding tert-OH is 1. The third-order valence-electron chi connectivity index (χ3n) is 3.39. The van der Waals surface area contributed by atoms with Crippen molar-refractivity contribution >= 4 is 49.0 Å². The minimum absolute atomic E-state index is 0.634. The highest BCUT2D eigenvalue weighted by molar-refractivity contribution is 9.10. The monoisotopic (exact) mass is 366 g/mol. The van der Waals surface area contributed by atoms with Crippen LogP contribution in [0, 0.1) is 6.92 Å². The zero-order chi connectivity index (χ0) is 14.3. The molecule has 0 radical (unpaired) electrons. The standard InChI is InChI=1S/C16H12BrClOS/c1-9-4-2-6-11(14(9)18)15(19)12-8-20-16-10(12)5-3-7-13(16)17/h2-8,15,19H,1H3. The number of hydrogen-bond acceptors (Lipinski definition) is 2. The van der Waals surface area contributed by atoms with Crippen molar-refractivity contribution in [2.75, 3.05) is 0 Å². The van der Waals surface area contributed by atoms with Crippen molar-refractivity contribution in [2.45, 2.75) is 13.0 Å². The second-order valence-electron chi connectivity index (χ2n) is 4.69. The first-order valence-corrected chi connectivity index (χ1v) is 8.23. The van der Waals surface area contributed by atoms with Gasteiger partial charge in [-0.25, -0.2) is 0 Å². The van der Waals surface area contributed by atoms with Gasteiger partial charge in [-0.1, -0.05) is 41.9 Å². The van der Waals surface area contributed by atoms with E-state index in [1.165, 1.54) is 0 Å². The van der Waals surface area contributed by atoms with Crippen LogP contribution in [-0.2, 0) is 0 Å². The van der Waals surface area contributed by atoms with E-state index in [4.69, 9.17) is 11.6 Å². The molecule has 0 bridgehead atoms. The summed E-state index contributed by atoms with van der Waals surface area (Å²) in [5.74, 6) is 0. The van der Waals surface area contributed by atoms with E-state index in [1.54, 1.807) is 11.3 Å². The quantitative estimate of drug-likeness (QED) is 0.615. The Morgan fingerprint density at radius 3 is 2.70 bits per heavy atom. The topological polar surface area (TPSA) is 20.2 Å². The molecule has 0 saturated heterocycles. The molecular weight excluding hydrogens is 356 g/mol. The van der Waals surface area contributed by atoms with Crippen LogP contribution in [0.5, 0.6) is 0 Å². The Bertz CT molecular complexity index is 781. The molecule has 1 nitrogen and oxygen atoms in total. The number of halogens is 2. The van der Waals surface area contributed by atoms with E-state index >= 15 is 0 Å². The summed E-state index contributed by atoms with van der Waals surface area (Å²) in [6, 6.07) is 11.8. The number of aryl methyl sites for hydroxylation is 1. The van der Waals surface area contributed by atoms with Gasteiger partial charge in [0.2, 0.25) is 0 Å². The minimum Gasteiger partial charge on any atom is -0.384 e. The molecule has 1 heterocycles. The number of rotatable bonds is 2. The van der Waals surface area contributed by atoms with Gasteiger partial charge in [-0.2, -0.15) is 0 Å². The highest BCUT2D eigenvalue weighted by Gasteiger charge is 2.19. The highest BCUT2D eigenvalue weighted by atomic mass is 79.9. The molecule has 102 valence electrons. The molecule has 1 atom stereocenters. The lowest BCUT2D eigenvalue weighted by molar-refractivity contribution is 0.222. The predicted molar refractivity (Wildman–Crippen MR) is 89.8 cm³/mol. The van der Waals surface area contributed by atoms with Gasteiger partial charge < -0.3 is 5.11 Å². The molecule has 0 aliphatic heterocycles. The van der Waals surface area contributed by atoms with Crippen LogP contribution in [0.2, 0.25) is 5.02 Å². The van der Waals surface area contributed by atoms with Gasteiger partial charge in [-0.3, -0.25) is 0 Å². The van der Waals surface area contributed by atoms with Gasteiger partial charge in [-0.15, -0.1) is 11.3 Å². The third kappa shape index (κ3) is 2.29. The van der Waals surface area contributed by atoms with E-state index in [0.717, 1.165) is 31.2 Å². The van der Waals surface area contributed by atoms with Crippen LogP contribution in [0.4, 0.5) is 0 Å². The largest absolute Gasteiger partial charge is 0.384 e. The van der Waals surface area contributed by atoms with Crippen molar-refractivity contribution in [3.8, 4) is 0 Å². The molecule has 3 rings (SSSR count). The van der Waals surface area contributed by atoms with E-state index in [2.05, 4.69) is 15.9 Å². The second-order valence-corrected chi connectivity index (χ2v) is 6.80. The molecule has 0 saturated carbocycles. The summed E-state index contributed by atoms with van der Waals surface area (Å²) in [4.78, 5) is 0. The molecule has 20 heavy (non-hydrogen) atoms. The molecule has 1 N–H and O–H groups in total. The summed E-state index contributed by atoms with van der Waals surface area (Å²) >= 11 is 11.5. The number of hydrogen-bond donors (Lipinski definition) is 1. The minimum atomic E-state index is -0.703. The van der Waals surface area contributed by atoms with Gasteiger partial charge in [0.25, 0.3) is 0 Å². The summed E-state index contributed by atoms with van der Waals surface area (Å²) < 4.78 is 2.19. The van der Waals surface area contributed by atoms with Crippen molar-refractivity contribution < 1.29 is 5.11 Å². The van der Waals surface area contributed by atoms with Gasteiger partial charge in [0.15, 0.2) is 0 Å². The molecule has 0 spiro atoms.